The lowest BCUT2D eigenvalue weighted by atomic mass is 10.1. The summed E-state index contributed by atoms with van der Waals surface area (Å²) in [5.41, 5.74) is 1.75. The monoisotopic (exact) mass is 524 g/mol. The number of benzene rings is 1. The zero-order chi connectivity index (χ0) is 20.3. The smallest absolute Gasteiger partial charge is 0.216 e. The lowest BCUT2D eigenvalue weighted by Gasteiger charge is -2.19. The first-order valence-corrected chi connectivity index (χ1v) is 11.5. The average molecular weight is 525 g/mol. The second-order valence-corrected chi connectivity index (χ2v) is 9.02. The van der Waals surface area contributed by atoms with Crippen molar-refractivity contribution in [2.75, 3.05) is 7.05 Å². The third-order valence-electron chi connectivity index (χ3n) is 4.17. The van der Waals surface area contributed by atoms with E-state index in [0.717, 1.165) is 23.5 Å². The van der Waals surface area contributed by atoms with Crippen LogP contribution < -0.4 is 15.4 Å². The van der Waals surface area contributed by atoms with E-state index in [9.17, 15) is 8.42 Å². The van der Waals surface area contributed by atoms with Crippen LogP contribution in [0.4, 0.5) is 0 Å². The van der Waals surface area contributed by atoms with Crippen molar-refractivity contribution in [3.63, 3.8) is 0 Å². The third-order valence-corrected chi connectivity index (χ3v) is 5.69. The molecule has 0 amide bonds. The van der Waals surface area contributed by atoms with Crippen molar-refractivity contribution in [3.8, 4) is 0 Å². The zero-order valence-corrected chi connectivity index (χ0v) is 20.9. The van der Waals surface area contributed by atoms with Crippen LogP contribution in [0, 0.1) is 0 Å². The summed E-state index contributed by atoms with van der Waals surface area (Å²) in [7, 11) is -1.61. The fourth-order valence-electron chi connectivity index (χ4n) is 2.86. The van der Waals surface area contributed by atoms with Gasteiger partial charge in [0.1, 0.15) is 0 Å². The Morgan fingerprint density at radius 3 is 2.32 bits per heavy atom. The number of halogens is 1. The summed E-state index contributed by atoms with van der Waals surface area (Å²) in [6.07, 6.45) is 4.75. The molecule has 0 aliphatic heterocycles. The van der Waals surface area contributed by atoms with E-state index in [4.69, 9.17) is 0 Å². The number of guanidine groups is 1. The van der Waals surface area contributed by atoms with Gasteiger partial charge in [-0.25, -0.2) is 13.1 Å². The molecule has 0 aliphatic carbocycles. The van der Waals surface area contributed by atoms with Crippen molar-refractivity contribution < 1.29 is 8.42 Å². The van der Waals surface area contributed by atoms with Crippen LogP contribution in [-0.4, -0.2) is 33.5 Å². The Morgan fingerprint density at radius 1 is 1.11 bits per heavy atom. The second-order valence-electron chi connectivity index (χ2n) is 7.27. The molecule has 0 aromatic heterocycles. The van der Waals surface area contributed by atoms with Crippen LogP contribution in [0.25, 0.3) is 0 Å². The molecule has 0 heterocycles. The molecule has 6 nitrogen and oxygen atoms in total. The van der Waals surface area contributed by atoms with Crippen molar-refractivity contribution in [1.29, 1.82) is 0 Å². The van der Waals surface area contributed by atoms with Crippen molar-refractivity contribution in [1.82, 2.24) is 15.4 Å². The molecular weight excluding hydrogens is 487 g/mol. The van der Waals surface area contributed by atoms with Gasteiger partial charge in [-0.05, 0) is 38.3 Å². The highest BCUT2D eigenvalue weighted by molar-refractivity contribution is 14.0. The predicted molar refractivity (Wildman–Crippen MR) is 130 cm³/mol. The molecule has 3 N–H and O–H groups in total. The molecule has 1 unspecified atom stereocenters. The molecule has 0 spiro atoms. The predicted octanol–water partition coefficient (Wildman–Crippen LogP) is 3.77. The van der Waals surface area contributed by atoms with Gasteiger partial charge >= 0.3 is 0 Å². The SMILES string of the molecule is CCCCCC(C)NC(=NC)NCc1ccccc1CS(=O)(=O)NC(C)C.I. The summed E-state index contributed by atoms with van der Waals surface area (Å²) in [4.78, 5) is 4.28. The summed E-state index contributed by atoms with van der Waals surface area (Å²) in [6.45, 7) is 8.52. The van der Waals surface area contributed by atoms with Crippen LogP contribution in [0.1, 0.15) is 64.5 Å². The maximum Gasteiger partial charge on any atom is 0.216 e. The van der Waals surface area contributed by atoms with E-state index in [2.05, 4.69) is 34.2 Å². The number of rotatable bonds is 11. The minimum Gasteiger partial charge on any atom is -0.354 e. The first-order chi connectivity index (χ1) is 12.8. The lowest BCUT2D eigenvalue weighted by molar-refractivity contribution is 0.546. The van der Waals surface area contributed by atoms with Gasteiger partial charge in [-0.3, -0.25) is 4.99 Å². The normalized spacial score (nSPS) is 13.1. The number of aliphatic imine (C=N–C) groups is 1. The van der Waals surface area contributed by atoms with Crippen LogP contribution in [-0.2, 0) is 22.3 Å². The Hall–Kier alpha value is -0.870. The van der Waals surface area contributed by atoms with E-state index in [1.807, 2.05) is 38.1 Å². The van der Waals surface area contributed by atoms with Crippen LogP contribution in [0.5, 0.6) is 0 Å². The number of nitrogens with zero attached hydrogens (tertiary/aromatic N) is 1. The van der Waals surface area contributed by atoms with E-state index in [1.165, 1.54) is 19.3 Å². The van der Waals surface area contributed by atoms with Gasteiger partial charge in [0.05, 0.1) is 5.75 Å². The zero-order valence-electron chi connectivity index (χ0n) is 17.8. The van der Waals surface area contributed by atoms with E-state index in [0.29, 0.717) is 12.6 Å². The molecule has 1 aromatic rings. The van der Waals surface area contributed by atoms with E-state index < -0.39 is 10.0 Å². The number of unbranched alkanes of at least 4 members (excludes halogenated alkanes) is 2. The topological polar surface area (TPSA) is 82.6 Å². The average Bonchev–Trinajstić information content (AvgIpc) is 2.58. The first kappa shape index (κ1) is 27.1. The summed E-state index contributed by atoms with van der Waals surface area (Å²) >= 11 is 0. The number of nitrogens with one attached hydrogen (secondary N) is 3. The van der Waals surface area contributed by atoms with Crippen LogP contribution in [0.15, 0.2) is 29.3 Å². The van der Waals surface area contributed by atoms with Gasteiger partial charge in [-0.1, -0.05) is 50.5 Å². The molecule has 0 saturated heterocycles. The van der Waals surface area contributed by atoms with Gasteiger partial charge in [0.2, 0.25) is 10.0 Å². The molecule has 28 heavy (non-hydrogen) atoms. The van der Waals surface area contributed by atoms with Crippen molar-refractivity contribution in [2.24, 2.45) is 4.99 Å². The Bertz CT molecular complexity index is 693. The highest BCUT2D eigenvalue weighted by Crippen LogP contribution is 2.12. The Labute approximate surface area is 188 Å². The molecular formula is C20H37IN4O2S. The largest absolute Gasteiger partial charge is 0.354 e. The Balaban J connectivity index is 0.00000729. The molecule has 0 radical (unpaired) electrons. The quantitative estimate of drug-likeness (QED) is 0.178. The summed E-state index contributed by atoms with van der Waals surface area (Å²) < 4.78 is 27.2. The van der Waals surface area contributed by atoms with Gasteiger partial charge in [-0.15, -0.1) is 24.0 Å². The van der Waals surface area contributed by atoms with Gasteiger partial charge in [-0.2, -0.15) is 0 Å². The van der Waals surface area contributed by atoms with Gasteiger partial charge in [0, 0.05) is 25.7 Å². The van der Waals surface area contributed by atoms with E-state index >= 15 is 0 Å². The van der Waals surface area contributed by atoms with Crippen LogP contribution in [0.2, 0.25) is 0 Å². The number of hydrogen-bond acceptors (Lipinski definition) is 3. The number of hydrogen-bond donors (Lipinski definition) is 3. The molecule has 1 rings (SSSR count). The van der Waals surface area contributed by atoms with Crippen LogP contribution in [0.3, 0.4) is 0 Å². The molecule has 0 fully saturated rings. The molecule has 0 saturated carbocycles. The lowest BCUT2D eigenvalue weighted by Crippen LogP contribution is -2.42. The van der Waals surface area contributed by atoms with E-state index in [1.54, 1.807) is 7.05 Å². The molecule has 1 aromatic carbocycles. The summed E-state index contributed by atoms with van der Waals surface area (Å²) in [5.74, 6) is 0.708. The minimum absolute atomic E-state index is 0. The third kappa shape index (κ3) is 11.2. The fourth-order valence-corrected chi connectivity index (χ4v) is 4.35. The number of sulfonamides is 1. The standard InChI is InChI=1S/C20H36N4O2S.HI/c1-6-7-8-11-17(4)23-20(21-5)22-14-18-12-9-10-13-19(18)15-27(25,26)24-16(2)3;/h9-10,12-13,16-17,24H,6-8,11,14-15H2,1-5H3,(H2,21,22,23);1H. The highest BCUT2D eigenvalue weighted by Gasteiger charge is 2.15. The highest BCUT2D eigenvalue weighted by atomic mass is 127. The molecule has 162 valence electrons. The van der Waals surface area contributed by atoms with Gasteiger partial charge < -0.3 is 10.6 Å². The maximum absolute atomic E-state index is 12.3. The van der Waals surface area contributed by atoms with Crippen LogP contribution >= 0.6 is 24.0 Å². The molecule has 8 heteroatoms. The molecule has 0 bridgehead atoms. The molecule has 1 atom stereocenters. The maximum atomic E-state index is 12.3. The fraction of sp³-hybridized carbons (Fsp3) is 0.650. The second kappa shape index (κ2) is 14.2. The minimum atomic E-state index is -3.36. The van der Waals surface area contributed by atoms with Gasteiger partial charge in [0.15, 0.2) is 5.96 Å². The molecule has 0 aliphatic rings. The van der Waals surface area contributed by atoms with Crippen molar-refractivity contribution >= 4 is 40.0 Å². The Morgan fingerprint density at radius 2 is 1.75 bits per heavy atom. The van der Waals surface area contributed by atoms with Gasteiger partial charge in [0.25, 0.3) is 0 Å². The van der Waals surface area contributed by atoms with Crippen molar-refractivity contribution in [2.45, 2.75) is 77.8 Å². The van der Waals surface area contributed by atoms with Crippen molar-refractivity contribution in [3.05, 3.63) is 35.4 Å². The Kier molecular flexibility index (Phi) is 13.7. The van der Waals surface area contributed by atoms with E-state index in [-0.39, 0.29) is 35.8 Å². The summed E-state index contributed by atoms with van der Waals surface area (Å²) in [5, 5.41) is 6.70. The first-order valence-electron chi connectivity index (χ1n) is 9.81. The summed E-state index contributed by atoms with van der Waals surface area (Å²) in [6, 6.07) is 7.83.